The highest BCUT2D eigenvalue weighted by atomic mass is 16.4. The van der Waals surface area contributed by atoms with Gasteiger partial charge in [0, 0.05) is 19.9 Å². The summed E-state index contributed by atoms with van der Waals surface area (Å²) in [6.45, 7) is 3.96. The first-order valence-corrected chi connectivity index (χ1v) is 6.79. The number of hydrogen-bond donors (Lipinski definition) is 2. The van der Waals surface area contributed by atoms with Crippen LogP contribution in [-0.4, -0.2) is 27.4 Å². The number of amides is 1. The number of nitrogens with one attached hydrogen (secondary N) is 2. The number of para-hydroxylation sites is 2. The van der Waals surface area contributed by atoms with E-state index < -0.39 is 0 Å². The van der Waals surface area contributed by atoms with Crippen molar-refractivity contribution in [3.63, 3.8) is 0 Å². The van der Waals surface area contributed by atoms with E-state index in [1.165, 1.54) is 0 Å². The number of aryl methyl sites for hydroxylation is 2. The van der Waals surface area contributed by atoms with Gasteiger partial charge in [-0.15, -0.1) is 0 Å². The van der Waals surface area contributed by atoms with Crippen molar-refractivity contribution in [2.45, 2.75) is 20.3 Å². The summed E-state index contributed by atoms with van der Waals surface area (Å²) >= 11 is 0. The molecule has 2 aromatic heterocycles. The lowest BCUT2D eigenvalue weighted by molar-refractivity contribution is 0.0924. The normalized spacial score (nSPS) is 11.0. The SMILES string of the molecule is Cc1nc(C)c(C(=O)NCCc2nc3ccccc3[nH]2)o1. The van der Waals surface area contributed by atoms with Crippen molar-refractivity contribution in [1.82, 2.24) is 20.3 Å². The average molecular weight is 284 g/mol. The van der Waals surface area contributed by atoms with Crippen molar-refractivity contribution in [2.24, 2.45) is 0 Å². The molecule has 0 radical (unpaired) electrons. The lowest BCUT2D eigenvalue weighted by Gasteiger charge is -2.01. The fraction of sp³-hybridized carbons (Fsp3) is 0.267. The minimum absolute atomic E-state index is 0.246. The molecule has 2 N–H and O–H groups in total. The van der Waals surface area contributed by atoms with Crippen molar-refractivity contribution in [3.05, 3.63) is 47.4 Å². The molecule has 2 heterocycles. The van der Waals surface area contributed by atoms with Crippen molar-refractivity contribution < 1.29 is 9.21 Å². The molecule has 0 aliphatic rings. The minimum Gasteiger partial charge on any atom is -0.436 e. The molecule has 0 saturated heterocycles. The maximum atomic E-state index is 12.0. The van der Waals surface area contributed by atoms with Crippen LogP contribution in [0.1, 0.15) is 28.0 Å². The molecule has 0 saturated carbocycles. The number of carbonyl (C=O) groups excluding carboxylic acids is 1. The van der Waals surface area contributed by atoms with E-state index in [0.29, 0.717) is 24.6 Å². The lowest BCUT2D eigenvalue weighted by atomic mass is 10.3. The lowest BCUT2D eigenvalue weighted by Crippen LogP contribution is -2.26. The Hall–Kier alpha value is -2.63. The van der Waals surface area contributed by atoms with Crippen LogP contribution in [0.5, 0.6) is 0 Å². The molecule has 1 aromatic carbocycles. The van der Waals surface area contributed by atoms with E-state index in [-0.39, 0.29) is 11.7 Å². The molecular formula is C15H16N4O2. The number of aromatic nitrogens is 3. The zero-order chi connectivity index (χ0) is 14.8. The first-order chi connectivity index (χ1) is 10.1. The second kappa shape index (κ2) is 5.40. The molecule has 0 aliphatic carbocycles. The van der Waals surface area contributed by atoms with Crippen LogP contribution >= 0.6 is 0 Å². The Bertz CT molecular complexity index is 755. The molecule has 0 unspecified atom stereocenters. The van der Waals surface area contributed by atoms with Gasteiger partial charge < -0.3 is 14.7 Å². The van der Waals surface area contributed by atoms with E-state index in [1.54, 1.807) is 13.8 Å². The molecule has 1 amide bonds. The number of H-pyrrole nitrogens is 1. The van der Waals surface area contributed by atoms with Gasteiger partial charge in [-0.25, -0.2) is 9.97 Å². The van der Waals surface area contributed by atoms with Gasteiger partial charge in [-0.1, -0.05) is 12.1 Å². The van der Waals surface area contributed by atoms with Crippen LogP contribution in [0.3, 0.4) is 0 Å². The van der Waals surface area contributed by atoms with Gasteiger partial charge in [-0.2, -0.15) is 0 Å². The van der Waals surface area contributed by atoms with E-state index >= 15 is 0 Å². The number of benzene rings is 1. The van der Waals surface area contributed by atoms with Crippen molar-refractivity contribution >= 4 is 16.9 Å². The molecule has 108 valence electrons. The summed E-state index contributed by atoms with van der Waals surface area (Å²) in [5.41, 5.74) is 2.54. The number of fused-ring (bicyclic) bond motifs is 1. The smallest absolute Gasteiger partial charge is 0.289 e. The molecule has 0 aliphatic heterocycles. The van der Waals surface area contributed by atoms with Gasteiger partial charge >= 0.3 is 0 Å². The zero-order valence-corrected chi connectivity index (χ0v) is 11.9. The maximum absolute atomic E-state index is 12.0. The first kappa shape index (κ1) is 13.4. The van der Waals surface area contributed by atoms with E-state index in [0.717, 1.165) is 16.9 Å². The maximum Gasteiger partial charge on any atom is 0.289 e. The van der Waals surface area contributed by atoms with Crippen LogP contribution in [0.25, 0.3) is 11.0 Å². The summed E-state index contributed by atoms with van der Waals surface area (Å²) in [6.07, 6.45) is 0.632. The second-order valence-electron chi connectivity index (χ2n) is 4.85. The quantitative estimate of drug-likeness (QED) is 0.768. The molecular weight excluding hydrogens is 268 g/mol. The van der Waals surface area contributed by atoms with Crippen LogP contribution in [0.4, 0.5) is 0 Å². The first-order valence-electron chi connectivity index (χ1n) is 6.79. The van der Waals surface area contributed by atoms with E-state index in [2.05, 4.69) is 20.3 Å². The Morgan fingerprint density at radius 2 is 2.10 bits per heavy atom. The van der Waals surface area contributed by atoms with E-state index in [4.69, 9.17) is 4.42 Å². The standard InChI is InChI=1S/C15H16N4O2/c1-9-14(21-10(2)17-9)15(20)16-8-7-13-18-11-5-3-4-6-12(11)19-13/h3-6H,7-8H2,1-2H3,(H,16,20)(H,18,19). The number of carbonyl (C=O) groups is 1. The van der Waals surface area contributed by atoms with Crippen LogP contribution in [-0.2, 0) is 6.42 Å². The molecule has 21 heavy (non-hydrogen) atoms. The van der Waals surface area contributed by atoms with Crippen LogP contribution in [0.2, 0.25) is 0 Å². The summed E-state index contributed by atoms with van der Waals surface area (Å²) in [5.74, 6) is 1.37. The molecule has 0 fully saturated rings. The Morgan fingerprint density at radius 3 is 2.81 bits per heavy atom. The zero-order valence-electron chi connectivity index (χ0n) is 11.9. The summed E-state index contributed by atoms with van der Waals surface area (Å²) in [7, 11) is 0. The van der Waals surface area contributed by atoms with Crippen LogP contribution in [0, 0.1) is 13.8 Å². The molecule has 0 bridgehead atoms. The predicted octanol–water partition coefficient (Wildman–Crippen LogP) is 2.14. The van der Waals surface area contributed by atoms with E-state index in [1.807, 2.05) is 24.3 Å². The number of imidazole rings is 1. The summed E-state index contributed by atoms with van der Waals surface area (Å²) in [5, 5.41) is 2.81. The number of rotatable bonds is 4. The molecule has 0 atom stereocenters. The van der Waals surface area contributed by atoms with Crippen LogP contribution in [0.15, 0.2) is 28.7 Å². The Balaban J connectivity index is 1.60. The largest absolute Gasteiger partial charge is 0.436 e. The van der Waals surface area contributed by atoms with Gasteiger partial charge in [0.2, 0.25) is 5.76 Å². The Kier molecular flexibility index (Phi) is 3.43. The highest BCUT2D eigenvalue weighted by molar-refractivity contribution is 5.92. The van der Waals surface area contributed by atoms with E-state index in [9.17, 15) is 4.79 Å². The van der Waals surface area contributed by atoms with Gasteiger partial charge in [0.1, 0.15) is 5.82 Å². The molecule has 6 nitrogen and oxygen atoms in total. The third-order valence-corrected chi connectivity index (χ3v) is 3.20. The number of aromatic amines is 1. The minimum atomic E-state index is -0.246. The number of oxazole rings is 1. The highest BCUT2D eigenvalue weighted by Gasteiger charge is 2.15. The molecule has 0 spiro atoms. The van der Waals surface area contributed by atoms with Crippen LogP contribution < -0.4 is 5.32 Å². The van der Waals surface area contributed by atoms with Gasteiger partial charge in [-0.3, -0.25) is 4.79 Å². The third kappa shape index (κ3) is 2.79. The van der Waals surface area contributed by atoms with Crippen molar-refractivity contribution in [2.75, 3.05) is 6.54 Å². The monoisotopic (exact) mass is 284 g/mol. The summed E-state index contributed by atoms with van der Waals surface area (Å²) in [4.78, 5) is 23.7. The van der Waals surface area contributed by atoms with Crippen molar-refractivity contribution in [3.8, 4) is 0 Å². The third-order valence-electron chi connectivity index (χ3n) is 3.20. The number of hydrogen-bond acceptors (Lipinski definition) is 4. The fourth-order valence-electron chi connectivity index (χ4n) is 2.24. The van der Waals surface area contributed by atoms with Gasteiger partial charge in [0.05, 0.1) is 16.7 Å². The predicted molar refractivity (Wildman–Crippen MR) is 78.1 cm³/mol. The highest BCUT2D eigenvalue weighted by Crippen LogP contribution is 2.11. The Morgan fingerprint density at radius 1 is 1.29 bits per heavy atom. The summed E-state index contributed by atoms with van der Waals surface area (Å²) in [6, 6.07) is 7.84. The van der Waals surface area contributed by atoms with Gasteiger partial charge in [-0.05, 0) is 19.1 Å². The molecule has 3 rings (SSSR count). The summed E-state index contributed by atoms with van der Waals surface area (Å²) < 4.78 is 5.28. The average Bonchev–Trinajstić information content (AvgIpc) is 3.01. The fourth-order valence-corrected chi connectivity index (χ4v) is 2.24. The molecule has 6 heteroatoms. The second-order valence-corrected chi connectivity index (χ2v) is 4.85. The van der Waals surface area contributed by atoms with Gasteiger partial charge in [0.15, 0.2) is 5.89 Å². The topological polar surface area (TPSA) is 83.8 Å². The van der Waals surface area contributed by atoms with Gasteiger partial charge in [0.25, 0.3) is 5.91 Å². The van der Waals surface area contributed by atoms with Crippen molar-refractivity contribution in [1.29, 1.82) is 0 Å². The molecule has 3 aromatic rings. The number of nitrogens with zero attached hydrogens (tertiary/aromatic N) is 2. The Labute approximate surface area is 121 Å².